The molecule has 0 heterocycles. The summed E-state index contributed by atoms with van der Waals surface area (Å²) in [5, 5.41) is 26.9. The van der Waals surface area contributed by atoms with Crippen molar-refractivity contribution in [1.82, 2.24) is 0 Å². The Morgan fingerprint density at radius 3 is 2.60 bits per heavy atom. The first kappa shape index (κ1) is 11.5. The molecule has 1 atom stereocenters. The maximum absolute atomic E-state index is 10.3. The summed E-state index contributed by atoms with van der Waals surface area (Å²) in [6.07, 6.45) is -0.0121. The Morgan fingerprint density at radius 2 is 2.00 bits per heavy atom. The van der Waals surface area contributed by atoms with E-state index in [0.717, 1.165) is 5.56 Å². The van der Waals surface area contributed by atoms with Crippen molar-refractivity contribution in [2.75, 3.05) is 0 Å². The standard InChI is InChI=1S/C11H14O4/c12-9-6-2-1-4-8(9)5-3-7-10(13)11(14)15/h1-2,4,6,10,12-13H,3,5,7H2,(H,14,15)/t10-/m1/s1. The van der Waals surface area contributed by atoms with Crippen molar-refractivity contribution < 1.29 is 20.1 Å². The predicted molar refractivity (Wildman–Crippen MR) is 54.7 cm³/mol. The van der Waals surface area contributed by atoms with Crippen LogP contribution in [0.3, 0.4) is 0 Å². The highest BCUT2D eigenvalue weighted by Crippen LogP contribution is 2.18. The number of aryl methyl sites for hydroxylation is 1. The van der Waals surface area contributed by atoms with Gasteiger partial charge in [0.25, 0.3) is 0 Å². The molecule has 0 saturated carbocycles. The Morgan fingerprint density at radius 1 is 1.33 bits per heavy atom. The quantitative estimate of drug-likeness (QED) is 0.681. The average Bonchev–Trinajstić information content (AvgIpc) is 2.20. The number of aliphatic hydroxyl groups excluding tert-OH is 1. The first-order valence-corrected chi connectivity index (χ1v) is 4.79. The minimum absolute atomic E-state index is 0.198. The molecule has 0 bridgehead atoms. The number of benzene rings is 1. The van der Waals surface area contributed by atoms with Gasteiger partial charge in [-0.2, -0.15) is 0 Å². The van der Waals surface area contributed by atoms with Crippen molar-refractivity contribution in [1.29, 1.82) is 0 Å². The lowest BCUT2D eigenvalue weighted by Gasteiger charge is -2.06. The minimum Gasteiger partial charge on any atom is -0.508 e. The van der Waals surface area contributed by atoms with Crippen molar-refractivity contribution in [2.24, 2.45) is 0 Å². The number of carboxylic acid groups (broad SMARTS) is 1. The maximum Gasteiger partial charge on any atom is 0.332 e. The summed E-state index contributed by atoms with van der Waals surface area (Å²) in [6.45, 7) is 0. The Balaban J connectivity index is 2.38. The van der Waals surface area contributed by atoms with Crippen LogP contribution in [0.5, 0.6) is 5.75 Å². The molecule has 0 radical (unpaired) electrons. The molecule has 3 N–H and O–H groups in total. The molecule has 0 aliphatic heterocycles. The molecule has 82 valence electrons. The average molecular weight is 210 g/mol. The number of hydrogen-bond acceptors (Lipinski definition) is 3. The van der Waals surface area contributed by atoms with E-state index in [9.17, 15) is 9.90 Å². The summed E-state index contributed by atoms with van der Waals surface area (Å²) in [6, 6.07) is 6.90. The number of carbonyl (C=O) groups is 1. The Labute approximate surface area is 87.8 Å². The van der Waals surface area contributed by atoms with Gasteiger partial charge in [-0.25, -0.2) is 4.79 Å². The van der Waals surface area contributed by atoms with Crippen molar-refractivity contribution in [3.05, 3.63) is 29.8 Å². The van der Waals surface area contributed by atoms with Gasteiger partial charge in [0, 0.05) is 0 Å². The van der Waals surface area contributed by atoms with Gasteiger partial charge in [-0.1, -0.05) is 18.2 Å². The van der Waals surface area contributed by atoms with E-state index in [-0.39, 0.29) is 12.2 Å². The lowest BCUT2D eigenvalue weighted by Crippen LogP contribution is -2.19. The number of aliphatic hydroxyl groups is 1. The van der Waals surface area contributed by atoms with Crippen LogP contribution in [0.25, 0.3) is 0 Å². The van der Waals surface area contributed by atoms with Gasteiger partial charge >= 0.3 is 5.97 Å². The molecular formula is C11H14O4. The lowest BCUT2D eigenvalue weighted by molar-refractivity contribution is -0.146. The van der Waals surface area contributed by atoms with Crippen LogP contribution >= 0.6 is 0 Å². The van der Waals surface area contributed by atoms with Gasteiger partial charge in [0.05, 0.1) is 0 Å². The first-order valence-electron chi connectivity index (χ1n) is 4.79. The Hall–Kier alpha value is -1.55. The Kier molecular flexibility index (Phi) is 4.12. The van der Waals surface area contributed by atoms with E-state index >= 15 is 0 Å². The third-order valence-corrected chi connectivity index (χ3v) is 2.20. The van der Waals surface area contributed by atoms with Gasteiger partial charge in [0.1, 0.15) is 5.75 Å². The van der Waals surface area contributed by atoms with Gasteiger partial charge in [0.2, 0.25) is 0 Å². The fourth-order valence-electron chi connectivity index (χ4n) is 1.33. The number of carboxylic acids is 1. The molecule has 4 heteroatoms. The summed E-state index contributed by atoms with van der Waals surface area (Å²) in [5.41, 5.74) is 0.773. The predicted octanol–water partition coefficient (Wildman–Crippen LogP) is 1.16. The number of rotatable bonds is 5. The number of aromatic hydroxyl groups is 1. The number of phenols is 1. The second kappa shape index (κ2) is 5.36. The zero-order valence-electron chi connectivity index (χ0n) is 8.26. The SMILES string of the molecule is O=C(O)[C@H](O)CCCc1ccccc1O. The van der Waals surface area contributed by atoms with E-state index in [1.165, 1.54) is 0 Å². The Bertz CT molecular complexity index is 335. The summed E-state index contributed by atoms with van der Waals surface area (Å²) in [7, 11) is 0. The van der Waals surface area contributed by atoms with Crippen molar-refractivity contribution >= 4 is 5.97 Å². The highest BCUT2D eigenvalue weighted by molar-refractivity contribution is 5.71. The summed E-state index contributed by atoms with van der Waals surface area (Å²) < 4.78 is 0. The van der Waals surface area contributed by atoms with Gasteiger partial charge in [-0.05, 0) is 30.9 Å². The van der Waals surface area contributed by atoms with Crippen LogP contribution in [0, 0.1) is 0 Å². The monoisotopic (exact) mass is 210 g/mol. The normalized spacial score (nSPS) is 12.3. The molecule has 0 aliphatic rings. The highest BCUT2D eigenvalue weighted by atomic mass is 16.4. The number of aliphatic carboxylic acids is 1. The fourth-order valence-corrected chi connectivity index (χ4v) is 1.33. The molecular weight excluding hydrogens is 196 g/mol. The molecule has 0 saturated heterocycles. The molecule has 0 spiro atoms. The van der Waals surface area contributed by atoms with Gasteiger partial charge in [0.15, 0.2) is 6.10 Å². The van der Waals surface area contributed by atoms with E-state index in [1.807, 2.05) is 6.07 Å². The third kappa shape index (κ3) is 3.59. The van der Waals surface area contributed by atoms with E-state index < -0.39 is 12.1 Å². The lowest BCUT2D eigenvalue weighted by atomic mass is 10.1. The van der Waals surface area contributed by atoms with E-state index in [1.54, 1.807) is 18.2 Å². The summed E-state index contributed by atoms with van der Waals surface area (Å²) in [5.74, 6) is -0.991. The molecule has 0 amide bonds. The smallest absolute Gasteiger partial charge is 0.332 e. The molecule has 15 heavy (non-hydrogen) atoms. The zero-order valence-corrected chi connectivity index (χ0v) is 8.26. The second-order valence-electron chi connectivity index (χ2n) is 3.37. The highest BCUT2D eigenvalue weighted by Gasteiger charge is 2.12. The molecule has 0 unspecified atom stereocenters. The minimum atomic E-state index is -1.31. The third-order valence-electron chi connectivity index (χ3n) is 2.20. The van der Waals surface area contributed by atoms with Gasteiger partial charge < -0.3 is 15.3 Å². The van der Waals surface area contributed by atoms with Crippen molar-refractivity contribution in [3.8, 4) is 5.75 Å². The molecule has 0 aliphatic carbocycles. The van der Waals surface area contributed by atoms with Crippen LogP contribution < -0.4 is 0 Å². The molecule has 1 aromatic carbocycles. The van der Waals surface area contributed by atoms with Crippen molar-refractivity contribution in [2.45, 2.75) is 25.4 Å². The van der Waals surface area contributed by atoms with Crippen LogP contribution in [0.2, 0.25) is 0 Å². The summed E-state index contributed by atoms with van der Waals surface area (Å²) in [4.78, 5) is 10.3. The number of para-hydroxylation sites is 1. The van der Waals surface area contributed by atoms with Crippen LogP contribution in [0.15, 0.2) is 24.3 Å². The van der Waals surface area contributed by atoms with Gasteiger partial charge in [-0.3, -0.25) is 0 Å². The largest absolute Gasteiger partial charge is 0.508 e. The molecule has 0 fully saturated rings. The molecule has 1 aromatic rings. The first-order chi connectivity index (χ1) is 7.11. The van der Waals surface area contributed by atoms with E-state index in [0.29, 0.717) is 12.8 Å². The zero-order chi connectivity index (χ0) is 11.3. The molecule has 1 rings (SSSR count). The van der Waals surface area contributed by atoms with Crippen LogP contribution in [0.1, 0.15) is 18.4 Å². The topological polar surface area (TPSA) is 77.8 Å². The van der Waals surface area contributed by atoms with Crippen molar-refractivity contribution in [3.63, 3.8) is 0 Å². The molecule has 0 aromatic heterocycles. The maximum atomic E-state index is 10.3. The van der Waals surface area contributed by atoms with Crippen LogP contribution in [-0.2, 0) is 11.2 Å². The second-order valence-corrected chi connectivity index (χ2v) is 3.37. The number of phenolic OH excluding ortho intramolecular Hbond substituents is 1. The fraction of sp³-hybridized carbons (Fsp3) is 0.364. The number of hydrogen-bond donors (Lipinski definition) is 3. The molecule has 4 nitrogen and oxygen atoms in total. The van der Waals surface area contributed by atoms with E-state index in [2.05, 4.69) is 0 Å². The van der Waals surface area contributed by atoms with Gasteiger partial charge in [-0.15, -0.1) is 0 Å². The summed E-state index contributed by atoms with van der Waals surface area (Å²) >= 11 is 0. The van der Waals surface area contributed by atoms with Crippen LogP contribution in [-0.4, -0.2) is 27.4 Å². The van der Waals surface area contributed by atoms with Crippen LogP contribution in [0.4, 0.5) is 0 Å². The van der Waals surface area contributed by atoms with E-state index in [4.69, 9.17) is 10.2 Å².